The van der Waals surface area contributed by atoms with Crippen molar-refractivity contribution in [1.82, 2.24) is 4.90 Å². The van der Waals surface area contributed by atoms with Crippen LogP contribution in [0.25, 0.3) is 0 Å². The zero-order valence-electron chi connectivity index (χ0n) is 12.5. The van der Waals surface area contributed by atoms with Crippen molar-refractivity contribution < 1.29 is 14.7 Å². The molecule has 0 radical (unpaired) electrons. The van der Waals surface area contributed by atoms with E-state index in [0.717, 1.165) is 12.8 Å². The van der Waals surface area contributed by atoms with E-state index in [1.54, 1.807) is 23.2 Å². The van der Waals surface area contributed by atoms with Gasteiger partial charge in [-0.25, -0.2) is 0 Å². The van der Waals surface area contributed by atoms with E-state index in [0.29, 0.717) is 25.4 Å². The third-order valence-electron chi connectivity index (χ3n) is 4.87. The standard InChI is InChI=1S/C16H21NO3S/c1-10-4-7-21-13(10)11-8-12(11)14(18)17-6-3-5-16(2,9-17)15(19)20/h4,7,11-12H,3,5-6,8-9H2,1-2H3,(H,19,20). The number of hydrogen-bond acceptors (Lipinski definition) is 3. The molecular formula is C16H21NO3S. The molecule has 1 aliphatic carbocycles. The SMILES string of the molecule is Cc1ccsc1C1CC1C(=O)N1CCCC(C)(C(=O)O)C1. The largest absolute Gasteiger partial charge is 0.481 e. The summed E-state index contributed by atoms with van der Waals surface area (Å²) in [5, 5.41) is 11.4. The monoisotopic (exact) mass is 307 g/mol. The highest BCUT2D eigenvalue weighted by Crippen LogP contribution is 2.51. The molecule has 2 aliphatic rings. The number of thiophene rings is 1. The van der Waals surface area contributed by atoms with Crippen LogP contribution in [0.5, 0.6) is 0 Å². The molecule has 114 valence electrons. The van der Waals surface area contributed by atoms with Crippen molar-refractivity contribution >= 4 is 23.2 Å². The number of aliphatic carboxylic acids is 1. The first-order valence-electron chi connectivity index (χ1n) is 7.48. The summed E-state index contributed by atoms with van der Waals surface area (Å²) in [4.78, 5) is 27.1. The predicted molar refractivity (Wildman–Crippen MR) is 81.5 cm³/mol. The second-order valence-corrected chi connectivity index (χ2v) is 7.59. The highest BCUT2D eigenvalue weighted by atomic mass is 32.1. The molecule has 3 unspecified atom stereocenters. The van der Waals surface area contributed by atoms with Crippen molar-refractivity contribution in [3.63, 3.8) is 0 Å². The molecule has 1 saturated carbocycles. The van der Waals surface area contributed by atoms with Gasteiger partial charge in [0.05, 0.1) is 5.41 Å². The quantitative estimate of drug-likeness (QED) is 0.934. The molecule has 1 aromatic rings. The summed E-state index contributed by atoms with van der Waals surface area (Å²) in [5.74, 6) is -0.213. The fraction of sp³-hybridized carbons (Fsp3) is 0.625. The first kappa shape index (κ1) is 14.6. The number of carbonyl (C=O) groups excluding carboxylic acids is 1. The van der Waals surface area contributed by atoms with Gasteiger partial charge >= 0.3 is 5.97 Å². The maximum absolute atomic E-state index is 12.6. The summed E-state index contributed by atoms with van der Waals surface area (Å²) in [7, 11) is 0. The van der Waals surface area contributed by atoms with E-state index >= 15 is 0 Å². The Bertz CT molecular complexity index is 582. The Kier molecular flexibility index (Phi) is 3.56. The molecule has 0 aromatic carbocycles. The lowest BCUT2D eigenvalue weighted by Gasteiger charge is -2.37. The third kappa shape index (κ3) is 2.59. The molecule has 4 nitrogen and oxygen atoms in total. The molecule has 3 atom stereocenters. The lowest BCUT2D eigenvalue weighted by Crippen LogP contribution is -2.49. The van der Waals surface area contributed by atoms with Gasteiger partial charge in [-0.05, 0) is 50.1 Å². The van der Waals surface area contributed by atoms with Gasteiger partial charge in [-0.15, -0.1) is 11.3 Å². The summed E-state index contributed by atoms with van der Waals surface area (Å²) in [5.41, 5.74) is 0.492. The average Bonchev–Trinajstić information content (AvgIpc) is 3.12. The zero-order chi connectivity index (χ0) is 15.2. The van der Waals surface area contributed by atoms with E-state index in [1.165, 1.54) is 10.4 Å². The molecule has 1 saturated heterocycles. The van der Waals surface area contributed by atoms with Crippen LogP contribution in [-0.4, -0.2) is 35.0 Å². The molecule has 1 N–H and O–H groups in total. The number of carbonyl (C=O) groups is 2. The Balaban J connectivity index is 1.67. The lowest BCUT2D eigenvalue weighted by molar-refractivity contribution is -0.153. The predicted octanol–water partition coefficient (Wildman–Crippen LogP) is 2.87. The Hall–Kier alpha value is -1.36. The second kappa shape index (κ2) is 5.13. The molecule has 0 bridgehead atoms. The molecule has 2 fully saturated rings. The van der Waals surface area contributed by atoms with E-state index in [9.17, 15) is 14.7 Å². The van der Waals surface area contributed by atoms with Crippen LogP contribution in [-0.2, 0) is 9.59 Å². The Morgan fingerprint density at radius 1 is 1.48 bits per heavy atom. The van der Waals surface area contributed by atoms with Crippen molar-refractivity contribution in [2.45, 2.75) is 39.0 Å². The van der Waals surface area contributed by atoms with Crippen LogP contribution in [0.3, 0.4) is 0 Å². The Morgan fingerprint density at radius 3 is 2.86 bits per heavy atom. The van der Waals surface area contributed by atoms with Crippen LogP contribution >= 0.6 is 11.3 Å². The smallest absolute Gasteiger partial charge is 0.311 e. The number of rotatable bonds is 3. The highest BCUT2D eigenvalue weighted by molar-refractivity contribution is 7.10. The number of likely N-dealkylation sites (tertiary alicyclic amines) is 1. The van der Waals surface area contributed by atoms with Crippen molar-refractivity contribution in [2.75, 3.05) is 13.1 Å². The number of aryl methyl sites for hydroxylation is 1. The first-order chi connectivity index (χ1) is 9.92. The Labute approximate surface area is 128 Å². The zero-order valence-corrected chi connectivity index (χ0v) is 13.3. The number of carboxylic acids is 1. The van der Waals surface area contributed by atoms with Crippen LogP contribution < -0.4 is 0 Å². The average molecular weight is 307 g/mol. The van der Waals surface area contributed by atoms with E-state index in [1.807, 2.05) is 0 Å². The minimum Gasteiger partial charge on any atom is -0.481 e. The number of amides is 1. The molecule has 5 heteroatoms. The summed E-state index contributed by atoms with van der Waals surface area (Å²) in [6, 6.07) is 2.10. The van der Waals surface area contributed by atoms with Crippen molar-refractivity contribution in [1.29, 1.82) is 0 Å². The van der Waals surface area contributed by atoms with E-state index in [2.05, 4.69) is 18.4 Å². The fourth-order valence-corrected chi connectivity index (χ4v) is 4.47. The van der Waals surface area contributed by atoms with Crippen molar-refractivity contribution in [3.8, 4) is 0 Å². The molecule has 2 heterocycles. The maximum Gasteiger partial charge on any atom is 0.311 e. The summed E-state index contributed by atoms with van der Waals surface area (Å²) in [6.07, 6.45) is 2.36. The minimum absolute atomic E-state index is 0.0681. The fourth-order valence-electron chi connectivity index (χ4n) is 3.36. The van der Waals surface area contributed by atoms with Crippen molar-refractivity contribution in [2.24, 2.45) is 11.3 Å². The number of hydrogen-bond donors (Lipinski definition) is 1. The van der Waals surface area contributed by atoms with Gasteiger partial charge in [0, 0.05) is 29.8 Å². The van der Waals surface area contributed by atoms with Crippen LogP contribution in [0.2, 0.25) is 0 Å². The van der Waals surface area contributed by atoms with E-state index in [-0.39, 0.29) is 11.8 Å². The minimum atomic E-state index is -0.790. The number of piperidine rings is 1. The van der Waals surface area contributed by atoms with E-state index in [4.69, 9.17) is 0 Å². The van der Waals surface area contributed by atoms with Crippen LogP contribution in [0, 0.1) is 18.3 Å². The molecule has 3 rings (SSSR count). The molecule has 21 heavy (non-hydrogen) atoms. The van der Waals surface area contributed by atoms with Gasteiger partial charge < -0.3 is 10.0 Å². The summed E-state index contributed by atoms with van der Waals surface area (Å²) >= 11 is 1.73. The molecular weight excluding hydrogens is 286 g/mol. The highest BCUT2D eigenvalue weighted by Gasteiger charge is 2.49. The molecule has 0 spiro atoms. The lowest BCUT2D eigenvalue weighted by atomic mass is 9.82. The maximum atomic E-state index is 12.6. The Morgan fingerprint density at radius 2 is 2.24 bits per heavy atom. The van der Waals surface area contributed by atoms with Gasteiger partial charge in [0.25, 0.3) is 0 Å². The normalized spacial score (nSPS) is 32.0. The van der Waals surface area contributed by atoms with Crippen LogP contribution in [0.4, 0.5) is 0 Å². The van der Waals surface area contributed by atoms with Gasteiger partial charge in [0.2, 0.25) is 5.91 Å². The molecule has 1 aromatic heterocycles. The van der Waals surface area contributed by atoms with Gasteiger partial charge in [-0.2, -0.15) is 0 Å². The number of carboxylic acid groups (broad SMARTS) is 1. The van der Waals surface area contributed by atoms with Crippen LogP contribution in [0.1, 0.15) is 42.5 Å². The van der Waals surface area contributed by atoms with Gasteiger partial charge in [0.1, 0.15) is 0 Å². The first-order valence-corrected chi connectivity index (χ1v) is 8.36. The second-order valence-electron chi connectivity index (χ2n) is 6.65. The topological polar surface area (TPSA) is 57.6 Å². The summed E-state index contributed by atoms with van der Waals surface area (Å²) in [6.45, 7) is 4.90. The van der Waals surface area contributed by atoms with Gasteiger partial charge in [-0.1, -0.05) is 0 Å². The van der Waals surface area contributed by atoms with E-state index < -0.39 is 11.4 Å². The van der Waals surface area contributed by atoms with Gasteiger partial charge in [0.15, 0.2) is 0 Å². The summed E-state index contributed by atoms with van der Waals surface area (Å²) < 4.78 is 0. The number of nitrogens with zero attached hydrogens (tertiary/aromatic N) is 1. The molecule has 1 aliphatic heterocycles. The van der Waals surface area contributed by atoms with Crippen molar-refractivity contribution in [3.05, 3.63) is 21.9 Å². The van der Waals surface area contributed by atoms with Crippen LogP contribution in [0.15, 0.2) is 11.4 Å². The molecule has 1 amide bonds. The third-order valence-corrected chi connectivity index (χ3v) is 6.02. The van der Waals surface area contributed by atoms with Gasteiger partial charge in [-0.3, -0.25) is 9.59 Å².